The molecule has 126 valence electrons. The topological polar surface area (TPSA) is 64.2 Å². The van der Waals surface area contributed by atoms with Crippen LogP contribution < -0.4 is 10.6 Å². The molecule has 0 aliphatic carbocycles. The van der Waals surface area contributed by atoms with Crippen molar-refractivity contribution >= 4 is 17.3 Å². The summed E-state index contributed by atoms with van der Waals surface area (Å²) >= 11 is 0. The summed E-state index contributed by atoms with van der Waals surface area (Å²) in [6.45, 7) is 2.42. The van der Waals surface area contributed by atoms with Crippen LogP contribution >= 0.6 is 0 Å². The molecule has 2 heterocycles. The van der Waals surface area contributed by atoms with Gasteiger partial charge in [-0.05, 0) is 60.9 Å². The van der Waals surface area contributed by atoms with Crippen molar-refractivity contribution in [2.75, 3.05) is 17.2 Å². The van der Waals surface area contributed by atoms with Crippen molar-refractivity contribution in [3.8, 4) is 16.9 Å². The molecule has 0 spiro atoms. The number of amides is 1. The lowest BCUT2D eigenvalue weighted by atomic mass is 9.98. The summed E-state index contributed by atoms with van der Waals surface area (Å²) in [5.41, 5.74) is 11.7. The van der Waals surface area contributed by atoms with Crippen molar-refractivity contribution in [2.45, 2.75) is 19.8 Å². The Kier molecular flexibility index (Phi) is 3.76. The molecule has 0 atom stereocenters. The summed E-state index contributed by atoms with van der Waals surface area (Å²) in [6, 6.07) is 15.9. The van der Waals surface area contributed by atoms with Crippen molar-refractivity contribution in [1.82, 2.24) is 9.78 Å². The molecule has 0 fully saturated rings. The maximum atomic E-state index is 11.8. The molecule has 2 N–H and O–H groups in total. The first-order chi connectivity index (χ1) is 12.1. The number of nitrogens with two attached hydrogens (primary N) is 1. The number of benzene rings is 2. The van der Waals surface area contributed by atoms with Crippen LogP contribution in [0.3, 0.4) is 0 Å². The number of hydrogen-bond donors (Lipinski definition) is 1. The van der Waals surface area contributed by atoms with Gasteiger partial charge in [-0.3, -0.25) is 4.79 Å². The van der Waals surface area contributed by atoms with E-state index in [0.717, 1.165) is 47.7 Å². The van der Waals surface area contributed by atoms with Crippen molar-refractivity contribution < 1.29 is 4.79 Å². The molecule has 1 aliphatic rings. The number of anilines is 2. The second kappa shape index (κ2) is 6.09. The van der Waals surface area contributed by atoms with E-state index in [0.29, 0.717) is 0 Å². The number of nitrogens with zero attached hydrogens (tertiary/aromatic N) is 3. The van der Waals surface area contributed by atoms with Crippen molar-refractivity contribution in [3.63, 3.8) is 0 Å². The molecule has 5 heteroatoms. The molecule has 0 bridgehead atoms. The number of rotatable bonds is 2. The molecule has 25 heavy (non-hydrogen) atoms. The van der Waals surface area contributed by atoms with E-state index in [1.54, 1.807) is 6.92 Å². The van der Waals surface area contributed by atoms with E-state index >= 15 is 0 Å². The molecule has 4 rings (SSSR count). The highest BCUT2D eigenvalue weighted by atomic mass is 16.2. The normalized spacial score (nSPS) is 13.6. The molecule has 1 amide bonds. The molecule has 0 radical (unpaired) electrons. The summed E-state index contributed by atoms with van der Waals surface area (Å²) < 4.78 is 1.84. The molecule has 1 aliphatic heterocycles. The Bertz CT molecular complexity index is 927. The standard InChI is InChI=1S/C20H20N4O/c1-14(25)23-11-2-3-16-13-15(4-9-20(16)23)19-10-12-24(22-19)18-7-5-17(21)6-8-18/h4-10,12-13H,2-3,11,21H2,1H3. The molecule has 2 aromatic carbocycles. The van der Waals surface area contributed by atoms with Gasteiger partial charge in [0.1, 0.15) is 0 Å². The van der Waals surface area contributed by atoms with Gasteiger partial charge in [0.15, 0.2) is 0 Å². The predicted molar refractivity (Wildman–Crippen MR) is 99.8 cm³/mol. The van der Waals surface area contributed by atoms with E-state index in [1.807, 2.05) is 58.2 Å². The quantitative estimate of drug-likeness (QED) is 0.731. The van der Waals surface area contributed by atoms with E-state index in [1.165, 1.54) is 5.56 Å². The fourth-order valence-electron chi connectivity index (χ4n) is 3.33. The van der Waals surface area contributed by atoms with Crippen LogP contribution in [0, 0.1) is 0 Å². The summed E-state index contributed by atoms with van der Waals surface area (Å²) in [5, 5.41) is 4.68. The third-order valence-corrected chi connectivity index (χ3v) is 4.62. The fourth-order valence-corrected chi connectivity index (χ4v) is 3.33. The Labute approximate surface area is 146 Å². The van der Waals surface area contributed by atoms with E-state index in [-0.39, 0.29) is 5.91 Å². The minimum Gasteiger partial charge on any atom is -0.399 e. The minimum atomic E-state index is 0.0985. The molecular formula is C20H20N4O. The Morgan fingerprint density at radius 1 is 1.12 bits per heavy atom. The highest BCUT2D eigenvalue weighted by Crippen LogP contribution is 2.31. The predicted octanol–water partition coefficient (Wildman–Crippen LogP) is 3.42. The number of carbonyl (C=O) groups excluding carboxylic acids is 1. The SMILES string of the molecule is CC(=O)N1CCCc2cc(-c3ccn(-c4ccc(N)cc4)n3)ccc21. The van der Waals surface area contributed by atoms with Crippen LogP contribution in [0.15, 0.2) is 54.7 Å². The van der Waals surface area contributed by atoms with Gasteiger partial charge in [0.05, 0.1) is 11.4 Å². The Hall–Kier alpha value is -3.08. The first-order valence-electron chi connectivity index (χ1n) is 8.45. The number of aryl methyl sites for hydroxylation is 1. The molecular weight excluding hydrogens is 312 g/mol. The maximum absolute atomic E-state index is 11.8. The third-order valence-electron chi connectivity index (χ3n) is 4.62. The molecule has 3 aromatic rings. The fraction of sp³-hybridized carbons (Fsp3) is 0.200. The zero-order valence-electron chi connectivity index (χ0n) is 14.1. The summed E-state index contributed by atoms with van der Waals surface area (Å²) in [5.74, 6) is 0.0985. The highest BCUT2D eigenvalue weighted by molar-refractivity contribution is 5.93. The highest BCUT2D eigenvalue weighted by Gasteiger charge is 2.20. The second-order valence-corrected chi connectivity index (χ2v) is 6.35. The summed E-state index contributed by atoms with van der Waals surface area (Å²) in [7, 11) is 0. The lowest BCUT2D eigenvalue weighted by Crippen LogP contribution is -2.33. The van der Waals surface area contributed by atoms with Gasteiger partial charge < -0.3 is 10.6 Å². The number of fused-ring (bicyclic) bond motifs is 1. The van der Waals surface area contributed by atoms with E-state index in [4.69, 9.17) is 5.73 Å². The molecule has 0 saturated heterocycles. The average molecular weight is 332 g/mol. The first-order valence-corrected chi connectivity index (χ1v) is 8.45. The van der Waals surface area contributed by atoms with Crippen LogP contribution in [0.4, 0.5) is 11.4 Å². The van der Waals surface area contributed by atoms with Gasteiger partial charge >= 0.3 is 0 Å². The van der Waals surface area contributed by atoms with Gasteiger partial charge in [0, 0.05) is 36.6 Å². The van der Waals surface area contributed by atoms with Crippen LogP contribution in [0.1, 0.15) is 18.9 Å². The summed E-state index contributed by atoms with van der Waals surface area (Å²) in [6.07, 6.45) is 3.93. The van der Waals surface area contributed by atoms with Crippen LogP contribution in [0.2, 0.25) is 0 Å². The molecule has 0 unspecified atom stereocenters. The lowest BCUT2D eigenvalue weighted by molar-refractivity contribution is -0.116. The summed E-state index contributed by atoms with van der Waals surface area (Å²) in [4.78, 5) is 13.7. The van der Waals surface area contributed by atoms with E-state index < -0.39 is 0 Å². The third kappa shape index (κ3) is 2.89. The average Bonchev–Trinajstić information content (AvgIpc) is 3.11. The molecule has 0 saturated carbocycles. The Balaban J connectivity index is 1.67. The van der Waals surface area contributed by atoms with Gasteiger partial charge in [0.2, 0.25) is 5.91 Å². The lowest BCUT2D eigenvalue weighted by Gasteiger charge is -2.28. The van der Waals surface area contributed by atoms with Crippen LogP contribution in [0.5, 0.6) is 0 Å². The number of hydrogen-bond acceptors (Lipinski definition) is 3. The molecule has 5 nitrogen and oxygen atoms in total. The van der Waals surface area contributed by atoms with Crippen molar-refractivity contribution in [1.29, 1.82) is 0 Å². The van der Waals surface area contributed by atoms with E-state index in [2.05, 4.69) is 11.2 Å². The Morgan fingerprint density at radius 3 is 2.68 bits per heavy atom. The van der Waals surface area contributed by atoms with Crippen LogP contribution in [-0.2, 0) is 11.2 Å². The largest absolute Gasteiger partial charge is 0.399 e. The van der Waals surface area contributed by atoms with Crippen LogP contribution in [-0.4, -0.2) is 22.2 Å². The number of nitrogen functional groups attached to an aromatic ring is 1. The van der Waals surface area contributed by atoms with Gasteiger partial charge in [-0.2, -0.15) is 5.10 Å². The molecule has 1 aromatic heterocycles. The number of carbonyl (C=O) groups is 1. The zero-order chi connectivity index (χ0) is 17.4. The smallest absolute Gasteiger partial charge is 0.223 e. The monoisotopic (exact) mass is 332 g/mol. The van der Waals surface area contributed by atoms with E-state index in [9.17, 15) is 4.79 Å². The van der Waals surface area contributed by atoms with Gasteiger partial charge in [-0.25, -0.2) is 4.68 Å². The first kappa shape index (κ1) is 15.4. The second-order valence-electron chi connectivity index (χ2n) is 6.35. The van der Waals surface area contributed by atoms with Gasteiger partial charge in [-0.15, -0.1) is 0 Å². The maximum Gasteiger partial charge on any atom is 0.223 e. The van der Waals surface area contributed by atoms with Gasteiger partial charge in [0.25, 0.3) is 0 Å². The Morgan fingerprint density at radius 2 is 1.92 bits per heavy atom. The van der Waals surface area contributed by atoms with Crippen molar-refractivity contribution in [3.05, 3.63) is 60.3 Å². The van der Waals surface area contributed by atoms with Crippen molar-refractivity contribution in [2.24, 2.45) is 0 Å². The van der Waals surface area contributed by atoms with Crippen LogP contribution in [0.25, 0.3) is 16.9 Å². The number of aromatic nitrogens is 2. The van der Waals surface area contributed by atoms with Gasteiger partial charge in [-0.1, -0.05) is 6.07 Å². The minimum absolute atomic E-state index is 0.0985. The zero-order valence-corrected chi connectivity index (χ0v) is 14.1.